The van der Waals surface area contributed by atoms with Gasteiger partial charge >= 0.3 is 0 Å². The zero-order valence-corrected chi connectivity index (χ0v) is 15.0. The smallest absolute Gasteiger partial charge is 0.261 e. The van der Waals surface area contributed by atoms with Gasteiger partial charge in [-0.1, -0.05) is 23.4 Å². The minimum Gasteiger partial charge on any atom is -0.334 e. The average Bonchev–Trinajstić information content (AvgIpc) is 3.25. The number of benzene rings is 1. The molecule has 0 radical (unpaired) electrons. The van der Waals surface area contributed by atoms with Gasteiger partial charge in [-0.3, -0.25) is 4.90 Å². The van der Waals surface area contributed by atoms with E-state index in [-0.39, 0.29) is 18.4 Å². The lowest BCUT2D eigenvalue weighted by Gasteiger charge is -2.30. The minimum absolute atomic E-state index is 0. The third-order valence-electron chi connectivity index (χ3n) is 4.44. The zero-order valence-electron chi connectivity index (χ0n) is 14.2. The monoisotopic (exact) mass is 360 g/mol. The Morgan fingerprint density at radius 2 is 2.12 bits per heavy atom. The lowest BCUT2D eigenvalue weighted by Crippen LogP contribution is -2.44. The molecule has 0 aliphatic carbocycles. The predicted octanol–water partition coefficient (Wildman–Crippen LogP) is 2.23. The van der Waals surface area contributed by atoms with E-state index in [1.807, 2.05) is 29.1 Å². The first-order valence-corrected chi connectivity index (χ1v) is 8.08. The summed E-state index contributed by atoms with van der Waals surface area (Å²) in [6.07, 6.45) is 3.68. The van der Waals surface area contributed by atoms with Gasteiger partial charge in [0.1, 0.15) is 0 Å². The van der Waals surface area contributed by atoms with Crippen LogP contribution in [0.15, 0.2) is 41.2 Å². The second-order valence-electron chi connectivity index (χ2n) is 6.12. The van der Waals surface area contributed by atoms with Gasteiger partial charge in [-0.15, -0.1) is 12.4 Å². The summed E-state index contributed by atoms with van der Waals surface area (Å²) in [6.45, 7) is 4.85. The van der Waals surface area contributed by atoms with Crippen molar-refractivity contribution in [3.8, 4) is 17.1 Å². The normalized spacial score (nSPS) is 18.1. The molecule has 1 atom stereocenters. The number of para-hydroxylation sites is 1. The van der Waals surface area contributed by atoms with Gasteiger partial charge in [-0.25, -0.2) is 4.68 Å². The van der Waals surface area contributed by atoms with E-state index < -0.39 is 0 Å². The maximum atomic E-state index is 5.46. The second-order valence-corrected chi connectivity index (χ2v) is 6.12. The van der Waals surface area contributed by atoms with E-state index in [0.717, 1.165) is 36.4 Å². The van der Waals surface area contributed by atoms with Crippen LogP contribution in [0.2, 0.25) is 0 Å². The highest BCUT2D eigenvalue weighted by Crippen LogP contribution is 2.23. The highest BCUT2D eigenvalue weighted by molar-refractivity contribution is 5.85. The summed E-state index contributed by atoms with van der Waals surface area (Å²) in [5.74, 6) is 1.21. The fourth-order valence-corrected chi connectivity index (χ4v) is 2.97. The highest BCUT2D eigenvalue weighted by Gasteiger charge is 2.25. The van der Waals surface area contributed by atoms with Crippen LogP contribution in [0.5, 0.6) is 0 Å². The Morgan fingerprint density at radius 3 is 2.92 bits per heavy atom. The van der Waals surface area contributed by atoms with Crippen LogP contribution in [0.25, 0.3) is 17.1 Å². The summed E-state index contributed by atoms with van der Waals surface area (Å²) in [5, 5.41) is 12.0. The molecular formula is C17H21ClN6O. The van der Waals surface area contributed by atoms with Gasteiger partial charge in [0.2, 0.25) is 0 Å². The van der Waals surface area contributed by atoms with Gasteiger partial charge in [-0.2, -0.15) is 10.1 Å². The molecule has 132 valence electrons. The Balaban J connectivity index is 0.00000182. The molecule has 1 N–H and O–H groups in total. The van der Waals surface area contributed by atoms with Gasteiger partial charge in [0.15, 0.2) is 5.82 Å². The molecule has 1 saturated heterocycles. The van der Waals surface area contributed by atoms with E-state index in [9.17, 15) is 0 Å². The summed E-state index contributed by atoms with van der Waals surface area (Å²) < 4.78 is 7.30. The van der Waals surface area contributed by atoms with Crippen molar-refractivity contribution in [2.75, 3.05) is 26.7 Å². The van der Waals surface area contributed by atoms with Crippen molar-refractivity contribution in [1.82, 2.24) is 30.1 Å². The molecule has 8 heteroatoms. The van der Waals surface area contributed by atoms with E-state index in [1.54, 1.807) is 6.20 Å². The second kappa shape index (κ2) is 7.35. The standard InChI is InChI=1S/C17H20N6O.ClH/c1-12-5-3-4-6-14(12)23-11-13(9-19-23)17-20-16(21-24-17)15-10-18-7-8-22(15)2;/h3-6,9,11,15,18H,7-8,10H2,1-2H3;1H. The van der Waals surface area contributed by atoms with Crippen LogP contribution in [-0.2, 0) is 0 Å². The van der Waals surface area contributed by atoms with Gasteiger partial charge in [0.25, 0.3) is 5.89 Å². The lowest BCUT2D eigenvalue weighted by molar-refractivity contribution is 0.190. The fourth-order valence-electron chi connectivity index (χ4n) is 2.97. The Bertz CT molecular complexity index is 845. The Kier molecular flexibility index (Phi) is 5.17. The summed E-state index contributed by atoms with van der Waals surface area (Å²) in [5.41, 5.74) is 3.02. The minimum atomic E-state index is 0. The summed E-state index contributed by atoms with van der Waals surface area (Å²) in [4.78, 5) is 6.81. The van der Waals surface area contributed by atoms with E-state index >= 15 is 0 Å². The predicted molar refractivity (Wildman–Crippen MR) is 97.1 cm³/mol. The maximum absolute atomic E-state index is 5.46. The van der Waals surface area contributed by atoms with Crippen LogP contribution in [0.3, 0.4) is 0 Å². The van der Waals surface area contributed by atoms with Crippen molar-refractivity contribution >= 4 is 12.4 Å². The molecule has 4 rings (SSSR count). The van der Waals surface area contributed by atoms with Gasteiger partial charge in [-0.05, 0) is 25.6 Å². The molecule has 1 unspecified atom stereocenters. The first kappa shape index (κ1) is 17.6. The Hall–Kier alpha value is -2.22. The number of nitrogens with one attached hydrogen (secondary N) is 1. The van der Waals surface area contributed by atoms with Crippen molar-refractivity contribution in [3.63, 3.8) is 0 Å². The number of aryl methyl sites for hydroxylation is 1. The van der Waals surface area contributed by atoms with Crippen LogP contribution in [0.1, 0.15) is 17.4 Å². The molecule has 1 fully saturated rings. The third kappa shape index (κ3) is 3.44. The molecule has 1 aromatic carbocycles. The molecule has 0 amide bonds. The van der Waals surface area contributed by atoms with E-state index in [2.05, 4.69) is 45.5 Å². The fraction of sp³-hybridized carbons (Fsp3) is 0.353. The average molecular weight is 361 g/mol. The maximum Gasteiger partial charge on any atom is 0.261 e. The van der Waals surface area contributed by atoms with Crippen molar-refractivity contribution in [3.05, 3.63) is 48.0 Å². The number of hydrogen-bond donors (Lipinski definition) is 1. The first-order chi connectivity index (χ1) is 11.7. The number of rotatable bonds is 3. The van der Waals surface area contributed by atoms with Crippen molar-refractivity contribution in [2.24, 2.45) is 0 Å². The Morgan fingerprint density at radius 1 is 1.28 bits per heavy atom. The highest BCUT2D eigenvalue weighted by atomic mass is 35.5. The first-order valence-electron chi connectivity index (χ1n) is 8.08. The number of likely N-dealkylation sites (N-methyl/N-ethyl adjacent to an activating group) is 1. The third-order valence-corrected chi connectivity index (χ3v) is 4.44. The molecule has 0 bridgehead atoms. The molecule has 7 nitrogen and oxygen atoms in total. The molecule has 2 aromatic heterocycles. The lowest BCUT2D eigenvalue weighted by atomic mass is 10.2. The van der Waals surface area contributed by atoms with E-state index in [1.165, 1.54) is 0 Å². The van der Waals surface area contributed by atoms with Gasteiger partial charge < -0.3 is 9.84 Å². The molecule has 1 aliphatic heterocycles. The van der Waals surface area contributed by atoms with E-state index in [4.69, 9.17) is 4.52 Å². The summed E-state index contributed by atoms with van der Waals surface area (Å²) in [6, 6.07) is 8.26. The number of nitrogens with zero attached hydrogens (tertiary/aromatic N) is 5. The Labute approximate surface area is 152 Å². The molecule has 0 spiro atoms. The number of piperazine rings is 1. The molecular weight excluding hydrogens is 340 g/mol. The van der Waals surface area contributed by atoms with Crippen LogP contribution < -0.4 is 5.32 Å². The molecule has 1 aliphatic rings. The SMILES string of the molecule is Cc1ccccc1-n1cc(-c2nc(C3CNCCN3C)no2)cn1.Cl. The topological polar surface area (TPSA) is 72.0 Å². The van der Waals surface area contributed by atoms with Crippen LogP contribution in [0.4, 0.5) is 0 Å². The quantitative estimate of drug-likeness (QED) is 0.772. The van der Waals surface area contributed by atoms with Gasteiger partial charge in [0, 0.05) is 25.8 Å². The van der Waals surface area contributed by atoms with Crippen LogP contribution >= 0.6 is 12.4 Å². The summed E-state index contributed by atoms with van der Waals surface area (Å²) >= 11 is 0. The molecule has 3 heterocycles. The van der Waals surface area contributed by atoms with Crippen molar-refractivity contribution in [2.45, 2.75) is 13.0 Å². The van der Waals surface area contributed by atoms with Crippen LogP contribution in [-0.4, -0.2) is 51.5 Å². The molecule has 25 heavy (non-hydrogen) atoms. The van der Waals surface area contributed by atoms with Gasteiger partial charge in [0.05, 0.1) is 23.5 Å². The zero-order chi connectivity index (χ0) is 16.5. The molecule has 3 aromatic rings. The van der Waals surface area contributed by atoms with Crippen molar-refractivity contribution in [1.29, 1.82) is 0 Å². The summed E-state index contributed by atoms with van der Waals surface area (Å²) in [7, 11) is 2.08. The number of aromatic nitrogens is 4. The number of hydrogen-bond acceptors (Lipinski definition) is 6. The van der Waals surface area contributed by atoms with E-state index in [0.29, 0.717) is 11.7 Å². The largest absolute Gasteiger partial charge is 0.334 e. The van der Waals surface area contributed by atoms with Crippen LogP contribution in [0, 0.1) is 6.92 Å². The number of halogens is 1. The van der Waals surface area contributed by atoms with Crippen molar-refractivity contribution < 1.29 is 4.52 Å². The molecule has 0 saturated carbocycles.